The van der Waals surface area contributed by atoms with Gasteiger partial charge in [-0.2, -0.15) is 10.3 Å². The lowest BCUT2D eigenvalue weighted by atomic mass is 10.1. The van der Waals surface area contributed by atoms with Crippen LogP contribution in [0.1, 0.15) is 34.0 Å². The number of hydrazine groups is 1. The molecule has 0 atom stereocenters. The quantitative estimate of drug-likeness (QED) is 0.330. The summed E-state index contributed by atoms with van der Waals surface area (Å²) in [6, 6.07) is 23.3. The second-order valence-corrected chi connectivity index (χ2v) is 9.20. The predicted octanol–water partition coefficient (Wildman–Crippen LogP) is 5.08. The average Bonchev–Trinajstić information content (AvgIpc) is 3.16. The van der Waals surface area contributed by atoms with Crippen LogP contribution in [-0.2, 0) is 11.4 Å². The van der Waals surface area contributed by atoms with E-state index in [2.05, 4.69) is 11.5 Å². The molecule has 1 fully saturated rings. The number of thioether (sulfide) groups is 1. The number of ether oxygens (including phenoxy) is 2. The number of carbonyl (C=O) groups excluding carboxylic acids is 2. The van der Waals surface area contributed by atoms with E-state index in [-0.39, 0.29) is 10.9 Å². The van der Waals surface area contributed by atoms with Crippen molar-refractivity contribution in [3.63, 3.8) is 0 Å². The van der Waals surface area contributed by atoms with Gasteiger partial charge in [-0.15, -0.1) is 0 Å². The molecule has 0 spiro atoms. The molecule has 9 heteroatoms. The zero-order valence-electron chi connectivity index (χ0n) is 19.3. The highest BCUT2D eigenvalue weighted by atomic mass is 32.2. The van der Waals surface area contributed by atoms with Gasteiger partial charge in [-0.1, -0.05) is 54.2 Å². The van der Waals surface area contributed by atoms with Crippen LogP contribution in [-0.4, -0.2) is 27.8 Å². The van der Waals surface area contributed by atoms with Gasteiger partial charge in [0.1, 0.15) is 6.61 Å². The monoisotopic (exact) mass is 515 g/mol. The normalized spacial score (nSPS) is 14.0. The van der Waals surface area contributed by atoms with Crippen molar-refractivity contribution < 1.29 is 19.1 Å². The van der Waals surface area contributed by atoms with Gasteiger partial charge in [0.15, 0.2) is 15.8 Å². The van der Waals surface area contributed by atoms with Crippen LogP contribution in [0.4, 0.5) is 0 Å². The third-order valence-corrected chi connectivity index (χ3v) is 6.43. The number of nitrogens with one attached hydrogen (secondary N) is 1. The third kappa shape index (κ3) is 5.74. The van der Waals surface area contributed by atoms with Crippen molar-refractivity contribution in [3.05, 3.63) is 100.0 Å². The second kappa shape index (κ2) is 11.5. The first-order valence-corrected chi connectivity index (χ1v) is 12.2. The fraction of sp³-hybridized carbons (Fsp3) is 0.111. The van der Waals surface area contributed by atoms with Gasteiger partial charge in [0.05, 0.1) is 23.1 Å². The lowest BCUT2D eigenvalue weighted by Gasteiger charge is -2.15. The van der Waals surface area contributed by atoms with Crippen molar-refractivity contribution in [2.45, 2.75) is 13.5 Å². The number of thiocarbonyl (C=S) groups is 1. The molecule has 1 saturated heterocycles. The molecule has 0 aromatic heterocycles. The predicted molar refractivity (Wildman–Crippen MR) is 142 cm³/mol. The third-order valence-electron chi connectivity index (χ3n) is 5.13. The number of carbonyl (C=O) groups is 2. The Kier molecular flexibility index (Phi) is 8.00. The minimum atomic E-state index is -0.425. The molecule has 180 valence electrons. The second-order valence-electron chi connectivity index (χ2n) is 7.52. The van der Waals surface area contributed by atoms with Gasteiger partial charge in [0.2, 0.25) is 0 Å². The summed E-state index contributed by atoms with van der Waals surface area (Å²) in [6.07, 6.45) is 1.69. The van der Waals surface area contributed by atoms with Crippen LogP contribution >= 0.6 is 24.0 Å². The molecule has 36 heavy (non-hydrogen) atoms. The topological polar surface area (TPSA) is 91.7 Å². The minimum absolute atomic E-state index is 0.211. The first-order chi connectivity index (χ1) is 17.5. The number of rotatable bonds is 8. The van der Waals surface area contributed by atoms with Crippen LogP contribution < -0.4 is 14.9 Å². The van der Waals surface area contributed by atoms with E-state index < -0.39 is 11.8 Å². The van der Waals surface area contributed by atoms with E-state index in [0.29, 0.717) is 39.7 Å². The Morgan fingerprint density at radius 3 is 2.58 bits per heavy atom. The van der Waals surface area contributed by atoms with Gasteiger partial charge in [0, 0.05) is 11.1 Å². The zero-order chi connectivity index (χ0) is 25.5. The largest absolute Gasteiger partial charge is 0.490 e. The average molecular weight is 516 g/mol. The summed E-state index contributed by atoms with van der Waals surface area (Å²) in [5.41, 5.74) is 5.02. The van der Waals surface area contributed by atoms with E-state index in [4.69, 9.17) is 21.7 Å². The van der Waals surface area contributed by atoms with E-state index in [1.54, 1.807) is 66.7 Å². The van der Waals surface area contributed by atoms with Crippen LogP contribution in [0.15, 0.2) is 77.7 Å². The highest BCUT2D eigenvalue weighted by molar-refractivity contribution is 8.26. The summed E-state index contributed by atoms with van der Waals surface area (Å²) in [4.78, 5) is 25.8. The molecule has 4 rings (SSSR count). The van der Waals surface area contributed by atoms with Gasteiger partial charge in [-0.05, 0) is 61.1 Å². The maximum absolute atomic E-state index is 12.9. The number of hydrogen-bond acceptors (Lipinski definition) is 7. The standard InChI is InChI=1S/C27H21N3O4S2/c1-2-33-23-14-18(12-13-22(23)34-17-21-11-7-6-10-20(21)16-28)15-24-26(32)30(27(35)36-24)29-25(31)19-8-4-3-5-9-19/h3-15H,2,17H2,1H3,(H,29,31)/b24-15+. The molecule has 1 N–H and O–H groups in total. The van der Waals surface area contributed by atoms with E-state index in [0.717, 1.165) is 22.3 Å². The first-order valence-electron chi connectivity index (χ1n) is 11.0. The van der Waals surface area contributed by atoms with Crippen molar-refractivity contribution in [2.24, 2.45) is 0 Å². The van der Waals surface area contributed by atoms with Crippen molar-refractivity contribution in [2.75, 3.05) is 6.61 Å². The van der Waals surface area contributed by atoms with Gasteiger partial charge >= 0.3 is 0 Å². The molecule has 0 aliphatic carbocycles. The van der Waals surface area contributed by atoms with Crippen molar-refractivity contribution in [3.8, 4) is 17.6 Å². The van der Waals surface area contributed by atoms with Crippen LogP contribution in [0.25, 0.3) is 6.08 Å². The lowest BCUT2D eigenvalue weighted by molar-refractivity contribution is -0.123. The number of benzene rings is 3. The Morgan fingerprint density at radius 2 is 1.83 bits per heavy atom. The Bertz CT molecular complexity index is 1380. The molecule has 0 unspecified atom stereocenters. The molecule has 1 aliphatic heterocycles. The van der Waals surface area contributed by atoms with E-state index in [1.807, 2.05) is 19.1 Å². The van der Waals surface area contributed by atoms with E-state index in [1.165, 1.54) is 0 Å². The SMILES string of the molecule is CCOc1cc(/C=C2/SC(=S)N(NC(=O)c3ccccc3)C2=O)ccc1OCc1ccccc1C#N. The number of nitriles is 1. The summed E-state index contributed by atoms with van der Waals surface area (Å²) in [7, 11) is 0. The maximum atomic E-state index is 12.9. The lowest BCUT2D eigenvalue weighted by Crippen LogP contribution is -2.44. The van der Waals surface area contributed by atoms with Crippen LogP contribution in [0.3, 0.4) is 0 Å². The molecule has 7 nitrogen and oxygen atoms in total. The molecule has 3 aromatic carbocycles. The van der Waals surface area contributed by atoms with Gasteiger partial charge in [0.25, 0.3) is 11.8 Å². The summed E-state index contributed by atoms with van der Waals surface area (Å²) in [5, 5.41) is 10.4. The number of hydrogen-bond donors (Lipinski definition) is 1. The summed E-state index contributed by atoms with van der Waals surface area (Å²) in [5.74, 6) is 0.185. The van der Waals surface area contributed by atoms with E-state index in [9.17, 15) is 14.9 Å². The Labute approximate surface area is 218 Å². The Balaban J connectivity index is 1.50. The van der Waals surface area contributed by atoms with Crippen molar-refractivity contribution in [1.29, 1.82) is 5.26 Å². The zero-order valence-corrected chi connectivity index (χ0v) is 20.9. The van der Waals surface area contributed by atoms with E-state index >= 15 is 0 Å². The fourth-order valence-corrected chi connectivity index (χ4v) is 4.56. The number of amides is 2. The fourth-order valence-electron chi connectivity index (χ4n) is 3.38. The van der Waals surface area contributed by atoms with Gasteiger partial charge in [-0.3, -0.25) is 15.0 Å². The molecular weight excluding hydrogens is 494 g/mol. The molecule has 0 bridgehead atoms. The molecule has 1 aliphatic rings. The maximum Gasteiger partial charge on any atom is 0.285 e. The summed E-state index contributed by atoms with van der Waals surface area (Å²) >= 11 is 6.41. The van der Waals surface area contributed by atoms with Crippen molar-refractivity contribution in [1.82, 2.24) is 10.4 Å². The smallest absolute Gasteiger partial charge is 0.285 e. The molecule has 1 heterocycles. The van der Waals surface area contributed by atoms with Gasteiger partial charge < -0.3 is 9.47 Å². The highest BCUT2D eigenvalue weighted by Gasteiger charge is 2.33. The number of nitrogens with zero attached hydrogens (tertiary/aromatic N) is 2. The van der Waals surface area contributed by atoms with Crippen molar-refractivity contribution >= 4 is 46.2 Å². The molecular formula is C27H21N3O4S2. The highest BCUT2D eigenvalue weighted by Crippen LogP contribution is 2.34. The van der Waals surface area contributed by atoms with Crippen LogP contribution in [0.2, 0.25) is 0 Å². The Morgan fingerprint density at radius 1 is 1.08 bits per heavy atom. The first kappa shape index (κ1) is 25.0. The molecule has 0 radical (unpaired) electrons. The summed E-state index contributed by atoms with van der Waals surface area (Å²) in [6.45, 7) is 2.49. The molecule has 0 saturated carbocycles. The minimum Gasteiger partial charge on any atom is -0.490 e. The van der Waals surface area contributed by atoms with Crippen LogP contribution in [0, 0.1) is 11.3 Å². The Hall–Kier alpha value is -4.13. The van der Waals surface area contributed by atoms with Crippen LogP contribution in [0.5, 0.6) is 11.5 Å². The molecule has 3 aromatic rings. The summed E-state index contributed by atoms with van der Waals surface area (Å²) < 4.78 is 11.9. The molecule has 2 amide bonds. The van der Waals surface area contributed by atoms with Gasteiger partial charge in [-0.25, -0.2) is 0 Å².